The molecule has 0 unspecified atom stereocenters. The lowest BCUT2D eigenvalue weighted by Gasteiger charge is -2.08. The maximum Gasteiger partial charge on any atom is 0.246 e. The van der Waals surface area contributed by atoms with Crippen LogP contribution in [0, 0.1) is 0 Å². The summed E-state index contributed by atoms with van der Waals surface area (Å²) in [6.07, 6.45) is 0. The monoisotopic (exact) mass is 274 g/mol. The summed E-state index contributed by atoms with van der Waals surface area (Å²) in [5.41, 5.74) is 0. The predicted molar refractivity (Wildman–Crippen MR) is 66.9 cm³/mol. The first-order valence-corrected chi connectivity index (χ1v) is 5.41. The number of rotatable bonds is 0. The molecular formula is C8H10N4O3S2. The molecule has 0 aromatic carbocycles. The molecule has 17 heavy (non-hydrogen) atoms. The van der Waals surface area contributed by atoms with E-state index < -0.39 is 0 Å². The van der Waals surface area contributed by atoms with E-state index in [2.05, 4.69) is 40.4 Å². The fourth-order valence-electron chi connectivity index (χ4n) is 1.07. The summed E-state index contributed by atoms with van der Waals surface area (Å²) in [5, 5.41) is 8.03. The quantitative estimate of drug-likeness (QED) is 0.453. The molecule has 2 aliphatic rings. The second-order valence-corrected chi connectivity index (χ2v) is 3.98. The number of hydrogen-bond acceptors (Lipinski definition) is 5. The first-order valence-electron chi connectivity index (χ1n) is 4.59. The van der Waals surface area contributed by atoms with Crippen LogP contribution in [0.4, 0.5) is 0 Å². The average molecular weight is 274 g/mol. The molecule has 0 saturated carbocycles. The van der Waals surface area contributed by atoms with Crippen molar-refractivity contribution in [3.05, 3.63) is 0 Å². The first-order chi connectivity index (χ1) is 7.90. The minimum absolute atomic E-state index is 0.0509. The topological polar surface area (TPSA) is 90.5 Å². The van der Waals surface area contributed by atoms with Crippen molar-refractivity contribution in [1.29, 1.82) is 0 Å². The Hall–Kier alpha value is -1.61. The third-order valence-electron chi connectivity index (χ3n) is 1.84. The highest BCUT2D eigenvalue weighted by Gasteiger charge is 2.25. The average Bonchev–Trinajstić information content (AvgIpc) is 2.73. The smallest absolute Gasteiger partial charge is 0.246 e. The molecule has 0 aromatic rings. The molecular weight excluding hydrogens is 264 g/mol. The molecule has 0 radical (unpaired) electrons. The van der Waals surface area contributed by atoms with E-state index in [1.54, 1.807) is 0 Å². The van der Waals surface area contributed by atoms with Crippen molar-refractivity contribution in [2.45, 2.75) is 6.92 Å². The third kappa shape index (κ3) is 4.04. The maximum atomic E-state index is 10.6. The molecule has 7 nitrogen and oxygen atoms in total. The Bertz CT molecular complexity index is 396. The number of carbonyl (C=O) groups is 3. The number of nitrogens with one attached hydrogen (secondary N) is 3. The molecule has 3 amide bonds. The van der Waals surface area contributed by atoms with E-state index in [1.807, 2.05) is 0 Å². The largest absolute Gasteiger partial charge is 0.353 e. The van der Waals surface area contributed by atoms with Gasteiger partial charge in [0.1, 0.15) is 6.54 Å². The van der Waals surface area contributed by atoms with Gasteiger partial charge in [-0.1, -0.05) is 0 Å². The number of carbonyl (C=O) groups excluding carboxylic acids is 3. The number of amides is 3. The van der Waals surface area contributed by atoms with Crippen LogP contribution in [0.2, 0.25) is 0 Å². The zero-order valence-electron chi connectivity index (χ0n) is 8.90. The van der Waals surface area contributed by atoms with Crippen molar-refractivity contribution in [2.24, 2.45) is 0 Å². The molecule has 2 fully saturated rings. The lowest BCUT2D eigenvalue weighted by Crippen LogP contribution is -2.31. The van der Waals surface area contributed by atoms with Crippen LogP contribution in [0.3, 0.4) is 0 Å². The maximum absolute atomic E-state index is 10.6. The van der Waals surface area contributed by atoms with E-state index >= 15 is 0 Å². The SMILES string of the molecule is CC(=O)N1CC(=O)NC1=S.O=C1CNC(=S)N1. The zero-order chi connectivity index (χ0) is 13.0. The van der Waals surface area contributed by atoms with Gasteiger partial charge in [-0.15, -0.1) is 0 Å². The minimum atomic E-state index is -0.222. The van der Waals surface area contributed by atoms with Crippen LogP contribution in [-0.4, -0.2) is 45.9 Å². The van der Waals surface area contributed by atoms with Gasteiger partial charge in [0.2, 0.25) is 17.7 Å². The summed E-state index contributed by atoms with van der Waals surface area (Å²) in [6.45, 7) is 1.76. The predicted octanol–water partition coefficient (Wildman–Crippen LogP) is -1.76. The Labute approximate surface area is 108 Å². The van der Waals surface area contributed by atoms with Crippen LogP contribution in [0.1, 0.15) is 6.92 Å². The number of hydrogen-bond donors (Lipinski definition) is 3. The van der Waals surface area contributed by atoms with E-state index in [1.165, 1.54) is 11.8 Å². The summed E-state index contributed by atoms with van der Waals surface area (Å²) in [5.74, 6) is -0.478. The van der Waals surface area contributed by atoms with Crippen molar-refractivity contribution < 1.29 is 14.4 Å². The van der Waals surface area contributed by atoms with Gasteiger partial charge in [-0.2, -0.15) is 0 Å². The van der Waals surface area contributed by atoms with Gasteiger partial charge in [0.15, 0.2) is 10.2 Å². The Morgan fingerprint density at radius 2 is 1.88 bits per heavy atom. The molecule has 2 aliphatic heterocycles. The van der Waals surface area contributed by atoms with E-state index in [0.717, 1.165) is 0 Å². The van der Waals surface area contributed by atoms with Gasteiger partial charge in [0, 0.05) is 6.92 Å². The van der Waals surface area contributed by atoms with Gasteiger partial charge in [-0.3, -0.25) is 19.3 Å². The van der Waals surface area contributed by atoms with Crippen LogP contribution in [-0.2, 0) is 14.4 Å². The standard InChI is InChI=1S/C5H6N2O2S.C3H4N2OS/c1-3(8)7-2-4(9)6-5(7)10;6-2-1-4-3(7)5-2/h2H2,1H3,(H,6,9,10);1H2,(H2,4,5,6,7). The normalized spacial score (nSPS) is 18.1. The van der Waals surface area contributed by atoms with Crippen LogP contribution in [0.25, 0.3) is 0 Å². The molecule has 0 spiro atoms. The van der Waals surface area contributed by atoms with Gasteiger partial charge >= 0.3 is 0 Å². The van der Waals surface area contributed by atoms with E-state index in [4.69, 9.17) is 0 Å². The molecule has 2 rings (SSSR count). The van der Waals surface area contributed by atoms with E-state index in [-0.39, 0.29) is 29.4 Å². The molecule has 9 heteroatoms. The van der Waals surface area contributed by atoms with Gasteiger partial charge < -0.3 is 16.0 Å². The summed E-state index contributed by atoms with van der Waals surface area (Å²) < 4.78 is 0. The summed E-state index contributed by atoms with van der Waals surface area (Å²) in [6, 6.07) is 0. The molecule has 2 saturated heterocycles. The highest BCUT2D eigenvalue weighted by molar-refractivity contribution is 7.80. The number of nitrogens with zero attached hydrogens (tertiary/aromatic N) is 1. The number of thiocarbonyl (C=S) groups is 2. The fourth-order valence-corrected chi connectivity index (χ4v) is 1.56. The van der Waals surface area contributed by atoms with Crippen molar-refractivity contribution in [1.82, 2.24) is 20.9 Å². The lowest BCUT2D eigenvalue weighted by molar-refractivity contribution is -0.127. The molecule has 0 aliphatic carbocycles. The summed E-state index contributed by atoms with van der Waals surface area (Å²) >= 11 is 9.22. The fraction of sp³-hybridized carbons (Fsp3) is 0.375. The minimum Gasteiger partial charge on any atom is -0.353 e. The second-order valence-electron chi connectivity index (χ2n) is 3.19. The second kappa shape index (κ2) is 5.64. The lowest BCUT2D eigenvalue weighted by atomic mass is 10.5. The molecule has 92 valence electrons. The van der Waals surface area contributed by atoms with Crippen molar-refractivity contribution >= 4 is 52.4 Å². The Morgan fingerprint density at radius 3 is 2.06 bits per heavy atom. The van der Waals surface area contributed by atoms with Gasteiger partial charge in [0.05, 0.1) is 6.54 Å². The van der Waals surface area contributed by atoms with E-state index in [0.29, 0.717) is 11.7 Å². The molecule has 0 atom stereocenters. The van der Waals surface area contributed by atoms with Crippen molar-refractivity contribution in [3.63, 3.8) is 0 Å². The Morgan fingerprint density at radius 1 is 1.24 bits per heavy atom. The van der Waals surface area contributed by atoms with Crippen LogP contribution in [0.5, 0.6) is 0 Å². The zero-order valence-corrected chi connectivity index (χ0v) is 10.5. The van der Waals surface area contributed by atoms with Crippen LogP contribution >= 0.6 is 24.4 Å². The molecule has 3 N–H and O–H groups in total. The van der Waals surface area contributed by atoms with Gasteiger partial charge in [-0.05, 0) is 24.4 Å². The van der Waals surface area contributed by atoms with Gasteiger partial charge in [-0.25, -0.2) is 0 Å². The summed E-state index contributed by atoms with van der Waals surface area (Å²) in [7, 11) is 0. The molecule has 0 aromatic heterocycles. The van der Waals surface area contributed by atoms with Crippen molar-refractivity contribution in [3.8, 4) is 0 Å². The van der Waals surface area contributed by atoms with E-state index in [9.17, 15) is 14.4 Å². The van der Waals surface area contributed by atoms with Crippen LogP contribution < -0.4 is 16.0 Å². The Kier molecular flexibility index (Phi) is 4.46. The molecule has 0 bridgehead atoms. The van der Waals surface area contributed by atoms with Gasteiger partial charge in [0.25, 0.3) is 0 Å². The van der Waals surface area contributed by atoms with Crippen LogP contribution in [0.15, 0.2) is 0 Å². The highest BCUT2D eigenvalue weighted by Crippen LogP contribution is 1.97. The first kappa shape index (κ1) is 13.5. The summed E-state index contributed by atoms with van der Waals surface area (Å²) in [4.78, 5) is 32.6. The van der Waals surface area contributed by atoms with Crippen molar-refractivity contribution in [2.75, 3.05) is 13.1 Å². The third-order valence-corrected chi connectivity index (χ3v) is 2.40. The Balaban J connectivity index is 0.000000181. The highest BCUT2D eigenvalue weighted by atomic mass is 32.1. The molecule has 2 heterocycles.